The second kappa shape index (κ2) is 10.0. The van der Waals surface area contributed by atoms with Crippen molar-refractivity contribution < 1.29 is 33.3 Å². The number of benzene rings is 2. The molecule has 0 aromatic heterocycles. The van der Waals surface area contributed by atoms with Gasteiger partial charge in [-0.3, -0.25) is 4.79 Å². The molecule has 1 amide bonds. The smallest absolute Gasteiger partial charge is 0.328 e. The molecule has 8 heteroatoms. The Balaban J connectivity index is 2.09. The predicted molar refractivity (Wildman–Crippen MR) is 122 cm³/mol. The highest BCUT2D eigenvalue weighted by atomic mass is 16.5. The highest BCUT2D eigenvalue weighted by molar-refractivity contribution is 5.91. The maximum atomic E-state index is 13.6. The summed E-state index contributed by atoms with van der Waals surface area (Å²) in [6.45, 7) is 5.62. The van der Waals surface area contributed by atoms with Gasteiger partial charge in [0, 0.05) is 5.56 Å². The van der Waals surface area contributed by atoms with E-state index in [4.69, 9.17) is 23.7 Å². The van der Waals surface area contributed by atoms with Gasteiger partial charge < -0.3 is 29.0 Å². The van der Waals surface area contributed by atoms with Gasteiger partial charge in [-0.1, -0.05) is 26.0 Å². The Kier molecular flexibility index (Phi) is 7.36. The summed E-state index contributed by atoms with van der Waals surface area (Å²) in [5.41, 5.74) is 2.34. The van der Waals surface area contributed by atoms with E-state index in [0.29, 0.717) is 28.6 Å². The molecule has 0 radical (unpaired) electrons. The molecule has 0 fully saturated rings. The summed E-state index contributed by atoms with van der Waals surface area (Å²) in [4.78, 5) is 25.9. The minimum atomic E-state index is -0.788. The lowest BCUT2D eigenvalue weighted by Crippen LogP contribution is -2.47. The summed E-state index contributed by atoms with van der Waals surface area (Å²) < 4.78 is 27.5. The van der Waals surface area contributed by atoms with Crippen molar-refractivity contribution in [2.75, 3.05) is 28.4 Å². The zero-order chi connectivity index (χ0) is 24.3. The van der Waals surface area contributed by atoms with Gasteiger partial charge in [-0.15, -0.1) is 0 Å². The molecule has 8 nitrogen and oxygen atoms in total. The van der Waals surface area contributed by atoms with Crippen LogP contribution in [0.1, 0.15) is 42.6 Å². The third-order valence-electron chi connectivity index (χ3n) is 5.77. The molecule has 2 aromatic rings. The fraction of sp³-hybridized carbons (Fsp3) is 0.440. The monoisotopic (exact) mass is 457 g/mol. The molecule has 1 aliphatic rings. The Morgan fingerprint density at radius 1 is 0.939 bits per heavy atom. The number of carbonyl (C=O) groups excluding carboxylic acids is 2. The Bertz CT molecular complexity index is 1030. The highest BCUT2D eigenvalue weighted by Gasteiger charge is 2.44. The molecule has 0 bridgehead atoms. The van der Waals surface area contributed by atoms with Gasteiger partial charge in [0.1, 0.15) is 18.1 Å². The number of methoxy groups -OCH3 is 4. The van der Waals surface area contributed by atoms with Gasteiger partial charge >= 0.3 is 5.97 Å². The molecule has 0 aliphatic carbocycles. The van der Waals surface area contributed by atoms with E-state index in [1.54, 1.807) is 33.5 Å². The third kappa shape index (κ3) is 4.69. The van der Waals surface area contributed by atoms with Gasteiger partial charge in [0.05, 0.1) is 28.4 Å². The second-order valence-electron chi connectivity index (χ2n) is 8.27. The second-order valence-corrected chi connectivity index (χ2v) is 8.27. The van der Waals surface area contributed by atoms with Gasteiger partial charge in [0.25, 0.3) is 0 Å². The number of aryl methyl sites for hydroxylation is 1. The lowest BCUT2D eigenvalue weighted by Gasteiger charge is -2.24. The Morgan fingerprint density at radius 2 is 1.61 bits per heavy atom. The van der Waals surface area contributed by atoms with Gasteiger partial charge in [-0.25, -0.2) is 4.79 Å². The molecule has 0 saturated carbocycles. The first-order valence-corrected chi connectivity index (χ1v) is 10.7. The van der Waals surface area contributed by atoms with Gasteiger partial charge in [0.2, 0.25) is 5.91 Å². The van der Waals surface area contributed by atoms with Crippen LogP contribution in [0.15, 0.2) is 30.3 Å². The molecule has 0 spiro atoms. The zero-order valence-electron chi connectivity index (χ0n) is 20.1. The molecular weight excluding hydrogens is 426 g/mol. The van der Waals surface area contributed by atoms with Crippen molar-refractivity contribution in [3.63, 3.8) is 0 Å². The molecule has 1 aliphatic heterocycles. The molecular formula is C25H31NO7. The van der Waals surface area contributed by atoms with Crippen molar-refractivity contribution in [2.24, 2.45) is 5.92 Å². The SMILES string of the molecule is COC(=O)C(NC(=O)C1c2cc(C)cc(OC)c2OC1c1ccc(OC)c(OC)c1)C(C)C. The molecule has 2 aromatic carbocycles. The number of hydrogen-bond acceptors (Lipinski definition) is 7. The van der Waals surface area contributed by atoms with E-state index >= 15 is 0 Å². The first-order valence-electron chi connectivity index (χ1n) is 10.7. The normalized spacial score (nSPS) is 17.6. The molecule has 0 saturated heterocycles. The van der Waals surface area contributed by atoms with Crippen LogP contribution in [-0.2, 0) is 14.3 Å². The molecule has 3 unspecified atom stereocenters. The Hall–Kier alpha value is -3.42. The van der Waals surface area contributed by atoms with Gasteiger partial charge in [-0.05, 0) is 42.2 Å². The van der Waals surface area contributed by atoms with Crippen LogP contribution in [0.5, 0.6) is 23.0 Å². The van der Waals surface area contributed by atoms with Crippen LogP contribution in [0, 0.1) is 12.8 Å². The van der Waals surface area contributed by atoms with Crippen molar-refractivity contribution in [1.29, 1.82) is 0 Å². The first kappa shape index (κ1) is 24.2. The number of nitrogens with one attached hydrogen (secondary N) is 1. The number of hydrogen-bond donors (Lipinski definition) is 1. The first-order chi connectivity index (χ1) is 15.7. The minimum Gasteiger partial charge on any atom is -0.493 e. The number of esters is 1. The zero-order valence-corrected chi connectivity index (χ0v) is 20.1. The maximum Gasteiger partial charge on any atom is 0.328 e. The van der Waals surface area contributed by atoms with Crippen LogP contribution in [-0.4, -0.2) is 46.4 Å². The maximum absolute atomic E-state index is 13.6. The molecule has 3 rings (SSSR count). The molecule has 3 atom stereocenters. The number of ether oxygens (including phenoxy) is 5. The van der Waals surface area contributed by atoms with Crippen LogP contribution in [0.4, 0.5) is 0 Å². The van der Waals surface area contributed by atoms with E-state index in [2.05, 4.69) is 5.32 Å². The fourth-order valence-corrected chi connectivity index (χ4v) is 4.07. The largest absolute Gasteiger partial charge is 0.493 e. The average molecular weight is 458 g/mol. The Labute approximate surface area is 194 Å². The van der Waals surface area contributed by atoms with Crippen LogP contribution >= 0.6 is 0 Å². The summed E-state index contributed by atoms with van der Waals surface area (Å²) in [5, 5.41) is 2.87. The molecule has 1 N–H and O–H groups in total. The summed E-state index contributed by atoms with van der Waals surface area (Å²) in [5.74, 6) is 0.407. The predicted octanol–water partition coefficient (Wildman–Crippen LogP) is 3.55. The summed E-state index contributed by atoms with van der Waals surface area (Å²) in [7, 11) is 5.97. The van der Waals surface area contributed by atoms with E-state index in [9.17, 15) is 9.59 Å². The minimum absolute atomic E-state index is 0.158. The van der Waals surface area contributed by atoms with Gasteiger partial charge in [-0.2, -0.15) is 0 Å². The topological polar surface area (TPSA) is 92.3 Å². The molecule has 178 valence electrons. The Morgan fingerprint density at radius 3 is 2.18 bits per heavy atom. The van der Waals surface area contributed by atoms with Crippen molar-refractivity contribution in [3.05, 3.63) is 47.0 Å². The summed E-state index contributed by atoms with van der Waals surface area (Å²) in [6.07, 6.45) is -0.666. The standard InChI is InChI=1S/C25H31NO7/c1-13(2)21(25(28)32-7)26-24(27)20-16-10-14(3)11-19(31-6)23(16)33-22(20)15-8-9-17(29-4)18(12-15)30-5/h8-13,20-22H,1-7H3,(H,26,27). The lowest BCUT2D eigenvalue weighted by molar-refractivity contribution is -0.146. The van der Waals surface area contributed by atoms with Crippen LogP contribution in [0.25, 0.3) is 0 Å². The van der Waals surface area contributed by atoms with E-state index in [0.717, 1.165) is 11.1 Å². The summed E-state index contributed by atoms with van der Waals surface area (Å²) in [6, 6.07) is 8.36. The number of amides is 1. The van der Waals surface area contributed by atoms with Crippen molar-refractivity contribution in [3.8, 4) is 23.0 Å². The van der Waals surface area contributed by atoms with Crippen molar-refractivity contribution >= 4 is 11.9 Å². The number of carbonyl (C=O) groups is 2. The fourth-order valence-electron chi connectivity index (χ4n) is 4.07. The van der Waals surface area contributed by atoms with E-state index in [-0.39, 0.29) is 11.8 Å². The quantitative estimate of drug-likeness (QED) is 0.606. The average Bonchev–Trinajstić information content (AvgIpc) is 3.19. The highest BCUT2D eigenvalue weighted by Crippen LogP contribution is 2.51. The molecule has 33 heavy (non-hydrogen) atoms. The number of rotatable bonds is 8. The van der Waals surface area contributed by atoms with E-state index in [1.165, 1.54) is 7.11 Å². The van der Waals surface area contributed by atoms with Gasteiger partial charge in [0.15, 0.2) is 23.0 Å². The summed E-state index contributed by atoms with van der Waals surface area (Å²) >= 11 is 0. The van der Waals surface area contributed by atoms with Crippen LogP contribution in [0.3, 0.4) is 0 Å². The van der Waals surface area contributed by atoms with Crippen LogP contribution < -0.4 is 24.3 Å². The van der Waals surface area contributed by atoms with Crippen molar-refractivity contribution in [2.45, 2.75) is 38.8 Å². The lowest BCUT2D eigenvalue weighted by atomic mass is 9.88. The van der Waals surface area contributed by atoms with Crippen molar-refractivity contribution in [1.82, 2.24) is 5.32 Å². The van der Waals surface area contributed by atoms with Crippen LogP contribution in [0.2, 0.25) is 0 Å². The number of fused-ring (bicyclic) bond motifs is 1. The molecule has 1 heterocycles. The van der Waals surface area contributed by atoms with E-state index < -0.39 is 24.0 Å². The van der Waals surface area contributed by atoms with E-state index in [1.807, 2.05) is 39.0 Å². The third-order valence-corrected chi connectivity index (χ3v) is 5.77.